The van der Waals surface area contributed by atoms with Gasteiger partial charge in [-0.25, -0.2) is 0 Å². The molecule has 0 fully saturated rings. The van der Waals surface area contributed by atoms with Crippen LogP contribution < -0.4 is 5.73 Å². The average Bonchev–Trinajstić information content (AvgIpc) is 2.51. The standard InChI is InChI=1S/C13H14N2O/c14-8-5-13(16)15-9-6-11-3-1-2-4-12(11)7-10-15/h1-4,6-7,9-10H,5,8,14H2. The molecule has 1 heterocycles. The average molecular weight is 214 g/mol. The van der Waals surface area contributed by atoms with Gasteiger partial charge in [0, 0.05) is 25.4 Å². The second kappa shape index (κ2) is 4.77. The summed E-state index contributed by atoms with van der Waals surface area (Å²) in [5.41, 5.74) is 7.59. The van der Waals surface area contributed by atoms with Crippen molar-refractivity contribution in [3.8, 4) is 0 Å². The van der Waals surface area contributed by atoms with Crippen molar-refractivity contribution in [1.82, 2.24) is 4.90 Å². The summed E-state index contributed by atoms with van der Waals surface area (Å²) in [7, 11) is 0. The van der Waals surface area contributed by atoms with Crippen LogP contribution in [0.3, 0.4) is 0 Å². The highest BCUT2D eigenvalue weighted by molar-refractivity contribution is 5.82. The second-order valence-corrected chi connectivity index (χ2v) is 3.60. The molecule has 1 aromatic carbocycles. The number of carbonyl (C=O) groups is 1. The van der Waals surface area contributed by atoms with Crippen LogP contribution in [0.25, 0.3) is 12.2 Å². The van der Waals surface area contributed by atoms with E-state index in [4.69, 9.17) is 5.73 Å². The highest BCUT2D eigenvalue weighted by atomic mass is 16.2. The van der Waals surface area contributed by atoms with Gasteiger partial charge in [-0.1, -0.05) is 24.3 Å². The molecule has 0 atom stereocenters. The highest BCUT2D eigenvalue weighted by Crippen LogP contribution is 2.17. The minimum Gasteiger partial charge on any atom is -0.330 e. The van der Waals surface area contributed by atoms with Gasteiger partial charge in [-0.15, -0.1) is 0 Å². The first-order valence-corrected chi connectivity index (χ1v) is 5.28. The Labute approximate surface area is 94.9 Å². The van der Waals surface area contributed by atoms with E-state index in [1.165, 1.54) is 0 Å². The summed E-state index contributed by atoms with van der Waals surface area (Å²) in [6.07, 6.45) is 7.79. The zero-order valence-corrected chi connectivity index (χ0v) is 8.97. The topological polar surface area (TPSA) is 46.3 Å². The largest absolute Gasteiger partial charge is 0.330 e. The van der Waals surface area contributed by atoms with Gasteiger partial charge in [0.15, 0.2) is 0 Å². The van der Waals surface area contributed by atoms with Crippen LogP contribution >= 0.6 is 0 Å². The van der Waals surface area contributed by atoms with E-state index in [0.717, 1.165) is 11.1 Å². The quantitative estimate of drug-likeness (QED) is 0.816. The third kappa shape index (κ3) is 2.20. The van der Waals surface area contributed by atoms with Crippen molar-refractivity contribution in [2.45, 2.75) is 6.42 Å². The van der Waals surface area contributed by atoms with E-state index in [0.29, 0.717) is 13.0 Å². The summed E-state index contributed by atoms with van der Waals surface area (Å²) in [5.74, 6) is 0.0165. The molecule has 2 rings (SSSR count). The van der Waals surface area contributed by atoms with Crippen LogP contribution in [0.2, 0.25) is 0 Å². The van der Waals surface area contributed by atoms with E-state index in [9.17, 15) is 4.79 Å². The number of carbonyl (C=O) groups excluding carboxylic acids is 1. The Hall–Kier alpha value is -1.87. The molecule has 0 bridgehead atoms. The first-order valence-electron chi connectivity index (χ1n) is 5.28. The van der Waals surface area contributed by atoms with Crippen molar-refractivity contribution in [2.24, 2.45) is 5.73 Å². The Morgan fingerprint density at radius 3 is 2.19 bits per heavy atom. The molecule has 0 aliphatic carbocycles. The van der Waals surface area contributed by atoms with Gasteiger partial charge < -0.3 is 5.73 Å². The van der Waals surface area contributed by atoms with Crippen molar-refractivity contribution in [3.63, 3.8) is 0 Å². The molecule has 0 unspecified atom stereocenters. The Bertz CT molecular complexity index is 416. The molecular weight excluding hydrogens is 200 g/mol. The van der Waals surface area contributed by atoms with Crippen molar-refractivity contribution in [3.05, 3.63) is 47.8 Å². The number of rotatable bonds is 2. The van der Waals surface area contributed by atoms with E-state index >= 15 is 0 Å². The summed E-state index contributed by atoms with van der Waals surface area (Å²) in [5, 5.41) is 0. The summed E-state index contributed by atoms with van der Waals surface area (Å²) in [4.78, 5) is 13.2. The van der Waals surface area contributed by atoms with E-state index in [2.05, 4.69) is 0 Å². The maximum atomic E-state index is 11.6. The van der Waals surface area contributed by atoms with E-state index in [1.807, 2.05) is 36.4 Å². The van der Waals surface area contributed by atoms with Crippen LogP contribution in [0, 0.1) is 0 Å². The van der Waals surface area contributed by atoms with Gasteiger partial charge in [0.1, 0.15) is 0 Å². The molecule has 0 spiro atoms. The lowest BCUT2D eigenvalue weighted by Gasteiger charge is -2.11. The van der Waals surface area contributed by atoms with Gasteiger partial charge in [0.05, 0.1) is 0 Å². The summed E-state index contributed by atoms with van der Waals surface area (Å²) in [6, 6.07) is 8.00. The molecule has 1 aliphatic rings. The van der Waals surface area contributed by atoms with Crippen molar-refractivity contribution in [2.75, 3.05) is 6.54 Å². The molecule has 0 aromatic heterocycles. The van der Waals surface area contributed by atoms with Crippen LogP contribution in [0.4, 0.5) is 0 Å². The molecule has 3 nitrogen and oxygen atoms in total. The smallest absolute Gasteiger partial charge is 0.231 e. The first-order chi connectivity index (χ1) is 7.81. The Morgan fingerprint density at radius 2 is 1.69 bits per heavy atom. The van der Waals surface area contributed by atoms with Crippen LogP contribution in [0.15, 0.2) is 36.7 Å². The van der Waals surface area contributed by atoms with E-state index in [1.54, 1.807) is 17.3 Å². The number of hydrogen-bond donors (Lipinski definition) is 1. The lowest BCUT2D eigenvalue weighted by atomic mass is 10.1. The fourth-order valence-electron chi connectivity index (χ4n) is 1.60. The van der Waals surface area contributed by atoms with Gasteiger partial charge in [-0.2, -0.15) is 0 Å². The zero-order valence-electron chi connectivity index (χ0n) is 8.97. The number of amides is 1. The molecule has 0 saturated heterocycles. The lowest BCUT2D eigenvalue weighted by Crippen LogP contribution is -2.22. The van der Waals surface area contributed by atoms with Crippen LogP contribution in [-0.2, 0) is 4.79 Å². The minimum absolute atomic E-state index is 0.0165. The molecule has 0 radical (unpaired) electrons. The molecule has 1 amide bonds. The van der Waals surface area contributed by atoms with Crippen molar-refractivity contribution < 1.29 is 4.79 Å². The maximum absolute atomic E-state index is 11.6. The number of nitrogens with two attached hydrogens (primary N) is 1. The lowest BCUT2D eigenvalue weighted by molar-refractivity contribution is -0.126. The predicted octanol–water partition coefficient (Wildman–Crippen LogP) is 1.82. The molecule has 3 heteroatoms. The van der Waals surface area contributed by atoms with E-state index in [-0.39, 0.29) is 5.91 Å². The SMILES string of the molecule is NCCC(=O)N1C=Cc2ccccc2C=C1. The number of hydrogen-bond acceptors (Lipinski definition) is 2. The summed E-state index contributed by atoms with van der Waals surface area (Å²) < 4.78 is 0. The third-order valence-corrected chi connectivity index (χ3v) is 2.47. The number of fused-ring (bicyclic) bond motifs is 1. The Morgan fingerprint density at radius 1 is 1.12 bits per heavy atom. The second-order valence-electron chi connectivity index (χ2n) is 3.60. The highest BCUT2D eigenvalue weighted by Gasteiger charge is 2.08. The van der Waals surface area contributed by atoms with Crippen LogP contribution in [0.1, 0.15) is 17.5 Å². The van der Waals surface area contributed by atoms with Crippen LogP contribution in [0.5, 0.6) is 0 Å². The predicted molar refractivity (Wildman–Crippen MR) is 65.0 cm³/mol. The first kappa shape index (κ1) is 10.6. The molecule has 16 heavy (non-hydrogen) atoms. The molecule has 1 aliphatic heterocycles. The minimum atomic E-state index is 0.0165. The number of benzene rings is 1. The molecule has 82 valence electrons. The van der Waals surface area contributed by atoms with Gasteiger partial charge in [0.25, 0.3) is 0 Å². The molecule has 2 N–H and O–H groups in total. The number of nitrogens with zero attached hydrogens (tertiary/aromatic N) is 1. The van der Waals surface area contributed by atoms with Crippen molar-refractivity contribution in [1.29, 1.82) is 0 Å². The van der Waals surface area contributed by atoms with Crippen LogP contribution in [-0.4, -0.2) is 17.4 Å². The third-order valence-electron chi connectivity index (χ3n) is 2.47. The molecular formula is C13H14N2O. The van der Waals surface area contributed by atoms with E-state index < -0.39 is 0 Å². The fourth-order valence-corrected chi connectivity index (χ4v) is 1.60. The van der Waals surface area contributed by atoms with Gasteiger partial charge in [-0.05, 0) is 23.3 Å². The Kier molecular flexibility index (Phi) is 3.17. The molecule has 1 aromatic rings. The van der Waals surface area contributed by atoms with Crippen molar-refractivity contribution >= 4 is 18.1 Å². The maximum Gasteiger partial charge on any atom is 0.231 e. The fraction of sp³-hybridized carbons (Fsp3) is 0.154. The van der Waals surface area contributed by atoms with Gasteiger partial charge in [0.2, 0.25) is 5.91 Å². The zero-order chi connectivity index (χ0) is 11.4. The normalized spacial score (nSPS) is 13.4. The van der Waals surface area contributed by atoms with Gasteiger partial charge in [-0.3, -0.25) is 9.69 Å². The van der Waals surface area contributed by atoms with Gasteiger partial charge >= 0.3 is 0 Å². The summed E-state index contributed by atoms with van der Waals surface area (Å²) >= 11 is 0. The monoisotopic (exact) mass is 214 g/mol. The summed E-state index contributed by atoms with van der Waals surface area (Å²) in [6.45, 7) is 0.379. The Balaban J connectivity index is 2.24. The molecule has 0 saturated carbocycles.